The highest BCUT2D eigenvalue weighted by atomic mass is 32.1. The summed E-state index contributed by atoms with van der Waals surface area (Å²) in [5.41, 5.74) is 1.30. The number of rotatable bonds is 4. The Bertz CT molecular complexity index is 605. The molecule has 2 rings (SSSR count). The van der Waals surface area contributed by atoms with E-state index in [1.165, 1.54) is 25.3 Å². The Hall–Kier alpha value is -0.710. The summed E-state index contributed by atoms with van der Waals surface area (Å²) in [4.78, 5) is 8.90. The molecule has 0 saturated carbocycles. The largest absolute Gasteiger partial charge is 0.302 e. The molecular formula is C17H26N2S2. The lowest BCUT2D eigenvalue weighted by Crippen LogP contribution is -2.21. The number of thiazole rings is 1. The molecule has 0 aromatic carbocycles. The van der Waals surface area contributed by atoms with Gasteiger partial charge in [-0.1, -0.05) is 20.8 Å². The van der Waals surface area contributed by atoms with Crippen molar-refractivity contribution in [2.24, 2.45) is 0 Å². The van der Waals surface area contributed by atoms with E-state index in [2.05, 4.69) is 65.9 Å². The van der Waals surface area contributed by atoms with Gasteiger partial charge in [-0.3, -0.25) is 0 Å². The fourth-order valence-electron chi connectivity index (χ4n) is 2.35. The zero-order valence-corrected chi connectivity index (χ0v) is 15.7. The molecule has 2 unspecified atom stereocenters. The topological polar surface area (TPSA) is 24.9 Å². The van der Waals surface area contributed by atoms with E-state index in [-0.39, 0.29) is 5.41 Å². The predicted octanol–water partition coefficient (Wildman–Crippen LogP) is 5.53. The maximum atomic E-state index is 4.77. The number of aryl methyl sites for hydroxylation is 2. The second-order valence-corrected chi connectivity index (χ2v) is 9.13. The molecule has 0 bridgehead atoms. The van der Waals surface area contributed by atoms with Crippen molar-refractivity contribution >= 4 is 22.7 Å². The van der Waals surface area contributed by atoms with Gasteiger partial charge >= 0.3 is 0 Å². The highest BCUT2D eigenvalue weighted by molar-refractivity contribution is 7.12. The van der Waals surface area contributed by atoms with Gasteiger partial charge in [0.2, 0.25) is 0 Å². The van der Waals surface area contributed by atoms with E-state index in [0.29, 0.717) is 12.1 Å². The molecule has 21 heavy (non-hydrogen) atoms. The summed E-state index contributed by atoms with van der Waals surface area (Å²) in [5, 5.41) is 4.94. The Morgan fingerprint density at radius 2 is 1.71 bits per heavy atom. The van der Waals surface area contributed by atoms with E-state index in [1.54, 1.807) is 0 Å². The summed E-state index contributed by atoms with van der Waals surface area (Å²) in [7, 11) is 0. The van der Waals surface area contributed by atoms with Gasteiger partial charge in [-0.2, -0.15) is 0 Å². The van der Waals surface area contributed by atoms with Gasteiger partial charge in [0.1, 0.15) is 0 Å². The number of aromatic nitrogens is 1. The third-order valence-corrected chi connectivity index (χ3v) is 6.50. The van der Waals surface area contributed by atoms with Crippen molar-refractivity contribution in [3.63, 3.8) is 0 Å². The normalized spacial score (nSPS) is 15.2. The zero-order chi connectivity index (χ0) is 15.8. The maximum absolute atomic E-state index is 4.77. The molecule has 0 aliphatic rings. The average Bonchev–Trinajstić information content (AvgIpc) is 2.94. The molecule has 0 amide bonds. The van der Waals surface area contributed by atoms with Crippen LogP contribution < -0.4 is 5.32 Å². The summed E-state index contributed by atoms with van der Waals surface area (Å²) < 4.78 is 0. The second kappa shape index (κ2) is 6.19. The number of nitrogens with one attached hydrogen (secondary N) is 1. The fourth-order valence-corrected chi connectivity index (χ4v) is 4.37. The van der Waals surface area contributed by atoms with E-state index >= 15 is 0 Å². The van der Waals surface area contributed by atoms with Gasteiger partial charge in [0, 0.05) is 32.1 Å². The van der Waals surface area contributed by atoms with Crippen molar-refractivity contribution < 1.29 is 0 Å². The Labute approximate surface area is 136 Å². The van der Waals surface area contributed by atoms with Crippen LogP contribution in [0.1, 0.15) is 72.0 Å². The van der Waals surface area contributed by atoms with Gasteiger partial charge in [0.05, 0.1) is 10.7 Å². The lowest BCUT2D eigenvalue weighted by Gasteiger charge is -2.19. The lowest BCUT2D eigenvalue weighted by molar-refractivity contribution is 0.503. The van der Waals surface area contributed by atoms with E-state index in [1.807, 2.05) is 22.7 Å². The minimum Gasteiger partial charge on any atom is -0.302 e. The summed E-state index contributed by atoms with van der Waals surface area (Å²) in [6.45, 7) is 15.4. The van der Waals surface area contributed by atoms with E-state index in [4.69, 9.17) is 4.98 Å². The fraction of sp³-hybridized carbons (Fsp3) is 0.588. The molecule has 4 heteroatoms. The Kier molecular flexibility index (Phi) is 4.91. The first kappa shape index (κ1) is 16.7. The number of hydrogen-bond acceptors (Lipinski definition) is 4. The Balaban J connectivity index is 2.13. The van der Waals surface area contributed by atoms with Gasteiger partial charge in [0.15, 0.2) is 0 Å². The standard InChI is InChI=1S/C17H26N2S2/c1-10-8-9-14(20-10)11(2)18-12(3)15-13(4)19-16(21-15)17(5,6)7/h8-9,11-12,18H,1-7H3. The second-order valence-electron chi connectivity index (χ2n) is 6.78. The van der Waals surface area contributed by atoms with Crippen LogP contribution in [0.25, 0.3) is 0 Å². The molecule has 1 N–H and O–H groups in total. The molecule has 0 fully saturated rings. The monoisotopic (exact) mass is 322 g/mol. The Morgan fingerprint density at radius 1 is 1.05 bits per heavy atom. The van der Waals surface area contributed by atoms with Crippen LogP contribution in [0.3, 0.4) is 0 Å². The molecule has 2 aromatic heterocycles. The Morgan fingerprint density at radius 3 is 2.19 bits per heavy atom. The highest BCUT2D eigenvalue weighted by Gasteiger charge is 2.23. The molecule has 2 heterocycles. The van der Waals surface area contributed by atoms with Gasteiger partial charge in [-0.05, 0) is 39.8 Å². The molecule has 2 nitrogen and oxygen atoms in total. The lowest BCUT2D eigenvalue weighted by atomic mass is 9.98. The zero-order valence-electron chi connectivity index (χ0n) is 14.1. The van der Waals surface area contributed by atoms with Gasteiger partial charge in [-0.15, -0.1) is 22.7 Å². The van der Waals surface area contributed by atoms with Crippen LogP contribution in [-0.4, -0.2) is 4.98 Å². The predicted molar refractivity (Wildman–Crippen MR) is 94.6 cm³/mol. The van der Waals surface area contributed by atoms with Crippen molar-refractivity contribution in [2.75, 3.05) is 0 Å². The highest BCUT2D eigenvalue weighted by Crippen LogP contribution is 2.34. The van der Waals surface area contributed by atoms with Crippen molar-refractivity contribution in [1.82, 2.24) is 10.3 Å². The summed E-state index contributed by atoms with van der Waals surface area (Å²) >= 11 is 3.72. The molecule has 0 spiro atoms. The third-order valence-electron chi connectivity index (χ3n) is 3.56. The van der Waals surface area contributed by atoms with Crippen molar-refractivity contribution in [2.45, 2.75) is 66.0 Å². The molecule has 0 aliphatic carbocycles. The SMILES string of the molecule is Cc1ccc(C(C)NC(C)c2sc(C(C)(C)C)nc2C)s1. The van der Waals surface area contributed by atoms with Crippen LogP contribution >= 0.6 is 22.7 Å². The van der Waals surface area contributed by atoms with Crippen molar-refractivity contribution in [3.05, 3.63) is 37.5 Å². The smallest absolute Gasteiger partial charge is 0.0985 e. The first-order valence-corrected chi connectivity index (χ1v) is 9.12. The number of hydrogen-bond donors (Lipinski definition) is 1. The quantitative estimate of drug-likeness (QED) is 0.800. The van der Waals surface area contributed by atoms with E-state index < -0.39 is 0 Å². The minimum absolute atomic E-state index is 0.129. The molecule has 0 aliphatic heterocycles. The van der Waals surface area contributed by atoms with Gasteiger partial charge in [0.25, 0.3) is 0 Å². The summed E-state index contributed by atoms with van der Waals surface area (Å²) in [5.74, 6) is 0. The minimum atomic E-state index is 0.129. The van der Waals surface area contributed by atoms with Crippen molar-refractivity contribution in [3.8, 4) is 0 Å². The summed E-state index contributed by atoms with van der Waals surface area (Å²) in [6.07, 6.45) is 0. The van der Waals surface area contributed by atoms with Crippen LogP contribution in [0.4, 0.5) is 0 Å². The molecule has 2 aromatic rings. The van der Waals surface area contributed by atoms with Gasteiger partial charge < -0.3 is 5.32 Å². The van der Waals surface area contributed by atoms with Crippen LogP contribution in [-0.2, 0) is 5.41 Å². The van der Waals surface area contributed by atoms with Crippen molar-refractivity contribution in [1.29, 1.82) is 0 Å². The summed E-state index contributed by atoms with van der Waals surface area (Å²) in [6, 6.07) is 5.12. The molecule has 0 radical (unpaired) electrons. The number of nitrogens with zero attached hydrogens (tertiary/aromatic N) is 1. The molecule has 116 valence electrons. The molecule has 2 atom stereocenters. The van der Waals surface area contributed by atoms with Crippen LogP contribution in [0.5, 0.6) is 0 Å². The maximum Gasteiger partial charge on any atom is 0.0985 e. The van der Waals surface area contributed by atoms with Crippen LogP contribution in [0.2, 0.25) is 0 Å². The van der Waals surface area contributed by atoms with Gasteiger partial charge in [-0.25, -0.2) is 4.98 Å². The van der Waals surface area contributed by atoms with E-state index in [9.17, 15) is 0 Å². The van der Waals surface area contributed by atoms with Crippen LogP contribution in [0.15, 0.2) is 12.1 Å². The first-order valence-electron chi connectivity index (χ1n) is 7.48. The molecular weight excluding hydrogens is 296 g/mol. The van der Waals surface area contributed by atoms with Crippen LogP contribution in [0, 0.1) is 13.8 Å². The number of thiophene rings is 1. The molecule has 0 saturated heterocycles. The third kappa shape index (κ3) is 3.93. The first-order chi connectivity index (χ1) is 9.68. The average molecular weight is 323 g/mol. The van der Waals surface area contributed by atoms with E-state index in [0.717, 1.165) is 0 Å².